The van der Waals surface area contributed by atoms with Gasteiger partial charge in [0.15, 0.2) is 6.61 Å². The van der Waals surface area contributed by atoms with Crippen LogP contribution in [0.3, 0.4) is 0 Å². The van der Waals surface area contributed by atoms with Gasteiger partial charge in [0.05, 0.1) is 0 Å². The van der Waals surface area contributed by atoms with Gasteiger partial charge in [0.2, 0.25) is 5.91 Å². The molecule has 1 N–H and O–H groups in total. The van der Waals surface area contributed by atoms with Crippen molar-refractivity contribution in [1.29, 1.82) is 0 Å². The van der Waals surface area contributed by atoms with Gasteiger partial charge in [0.25, 0.3) is 5.91 Å². The van der Waals surface area contributed by atoms with Crippen LogP contribution in [0.4, 0.5) is 4.39 Å². The highest BCUT2D eigenvalue weighted by molar-refractivity contribution is 5.88. The first-order valence-electron chi connectivity index (χ1n) is 9.85. The zero-order valence-electron chi connectivity index (χ0n) is 17.4. The van der Waals surface area contributed by atoms with Crippen LogP contribution in [-0.2, 0) is 16.1 Å². The zero-order chi connectivity index (χ0) is 21.4. The molecule has 0 fully saturated rings. The number of aryl methyl sites for hydroxylation is 1. The Kier molecular flexibility index (Phi) is 8.19. The molecule has 2 aromatic rings. The Morgan fingerprint density at radius 3 is 2.41 bits per heavy atom. The number of carbonyl (C=O) groups excluding carboxylic acids is 2. The van der Waals surface area contributed by atoms with E-state index in [1.165, 1.54) is 11.0 Å². The first-order valence-corrected chi connectivity index (χ1v) is 9.85. The molecule has 0 aliphatic carbocycles. The average Bonchev–Trinajstić information content (AvgIpc) is 2.71. The number of halogens is 1. The number of ether oxygens (including phenoxy) is 1. The number of hydrogen-bond acceptors (Lipinski definition) is 3. The molecule has 156 valence electrons. The topological polar surface area (TPSA) is 58.6 Å². The summed E-state index contributed by atoms with van der Waals surface area (Å²) in [5.74, 6) is -0.480. The molecule has 2 atom stereocenters. The maximum absolute atomic E-state index is 14.2. The third-order valence-electron chi connectivity index (χ3n) is 4.91. The normalized spacial score (nSPS) is 12.7. The van der Waals surface area contributed by atoms with Crippen molar-refractivity contribution < 1.29 is 18.7 Å². The lowest BCUT2D eigenvalue weighted by atomic mass is 10.1. The van der Waals surface area contributed by atoms with E-state index in [2.05, 4.69) is 5.32 Å². The summed E-state index contributed by atoms with van der Waals surface area (Å²) < 4.78 is 19.8. The highest BCUT2D eigenvalue weighted by Gasteiger charge is 2.27. The summed E-state index contributed by atoms with van der Waals surface area (Å²) in [6.45, 7) is 7.14. The van der Waals surface area contributed by atoms with E-state index in [1.54, 1.807) is 31.2 Å². The minimum atomic E-state index is -0.767. The number of rotatable bonds is 9. The fourth-order valence-corrected chi connectivity index (χ4v) is 2.80. The first-order chi connectivity index (χ1) is 13.8. The Morgan fingerprint density at radius 1 is 1.10 bits per heavy atom. The van der Waals surface area contributed by atoms with Crippen molar-refractivity contribution in [3.05, 3.63) is 65.5 Å². The van der Waals surface area contributed by atoms with Gasteiger partial charge in [-0.1, -0.05) is 43.3 Å². The number of para-hydroxylation sites is 1. The summed E-state index contributed by atoms with van der Waals surface area (Å²) >= 11 is 0. The number of nitrogens with one attached hydrogen (secondary N) is 1. The smallest absolute Gasteiger partial charge is 0.261 e. The second kappa shape index (κ2) is 10.6. The van der Waals surface area contributed by atoms with Crippen LogP contribution < -0.4 is 10.1 Å². The summed E-state index contributed by atoms with van der Waals surface area (Å²) in [6, 6.07) is 12.8. The Labute approximate surface area is 171 Å². The Balaban J connectivity index is 2.18. The largest absolute Gasteiger partial charge is 0.484 e. The van der Waals surface area contributed by atoms with Crippen molar-refractivity contribution in [2.24, 2.45) is 0 Å². The van der Waals surface area contributed by atoms with Crippen LogP contribution in [0.15, 0.2) is 48.5 Å². The van der Waals surface area contributed by atoms with Gasteiger partial charge < -0.3 is 15.0 Å². The predicted molar refractivity (Wildman–Crippen MR) is 111 cm³/mol. The standard InChI is InChI=1S/C23H29FN2O3/c1-5-17(3)25-23(28)18(4)26(14-19-11-7-8-12-20(19)24)22(27)15-29-21-13-9-6-10-16(21)2/h6-13,17-18H,5,14-15H2,1-4H3,(H,25,28)/t17-,18+/m0/s1. The average molecular weight is 400 g/mol. The molecule has 0 heterocycles. The maximum atomic E-state index is 14.2. The number of benzene rings is 2. The van der Waals surface area contributed by atoms with Gasteiger partial charge in [-0.2, -0.15) is 0 Å². The summed E-state index contributed by atoms with van der Waals surface area (Å²) in [4.78, 5) is 26.9. The van der Waals surface area contributed by atoms with Crippen LogP contribution in [0.5, 0.6) is 5.75 Å². The SMILES string of the molecule is CC[C@H](C)NC(=O)[C@@H](C)N(Cc1ccccc1F)C(=O)COc1ccccc1C. The summed E-state index contributed by atoms with van der Waals surface area (Å²) in [6.07, 6.45) is 0.774. The second-order valence-corrected chi connectivity index (χ2v) is 7.16. The molecule has 0 unspecified atom stereocenters. The lowest BCUT2D eigenvalue weighted by Crippen LogP contribution is -2.50. The number of carbonyl (C=O) groups is 2. The third-order valence-corrected chi connectivity index (χ3v) is 4.91. The molecule has 29 heavy (non-hydrogen) atoms. The van der Waals surface area contributed by atoms with Crippen molar-refractivity contribution in [3.8, 4) is 5.75 Å². The molecule has 0 saturated heterocycles. The molecular formula is C23H29FN2O3. The summed E-state index contributed by atoms with van der Waals surface area (Å²) in [5.41, 5.74) is 1.25. The van der Waals surface area contributed by atoms with Gasteiger partial charge in [-0.25, -0.2) is 4.39 Å². The van der Waals surface area contributed by atoms with Crippen LogP contribution in [-0.4, -0.2) is 35.4 Å². The quantitative estimate of drug-likeness (QED) is 0.696. The van der Waals surface area contributed by atoms with E-state index in [-0.39, 0.29) is 31.0 Å². The monoisotopic (exact) mass is 400 g/mol. The Bertz CT molecular complexity index is 840. The number of amides is 2. The number of hydrogen-bond donors (Lipinski definition) is 1. The molecule has 2 rings (SSSR count). The van der Waals surface area contributed by atoms with E-state index in [0.717, 1.165) is 12.0 Å². The molecule has 5 nitrogen and oxygen atoms in total. The first kappa shape index (κ1) is 22.4. The maximum Gasteiger partial charge on any atom is 0.261 e. The summed E-state index contributed by atoms with van der Waals surface area (Å²) in [5, 5.41) is 2.88. The molecule has 2 aromatic carbocycles. The predicted octanol–water partition coefficient (Wildman–Crippen LogP) is 3.84. The van der Waals surface area contributed by atoms with E-state index in [0.29, 0.717) is 11.3 Å². The van der Waals surface area contributed by atoms with Crippen molar-refractivity contribution >= 4 is 11.8 Å². The lowest BCUT2D eigenvalue weighted by molar-refractivity contribution is -0.142. The van der Waals surface area contributed by atoms with Crippen molar-refractivity contribution in [1.82, 2.24) is 10.2 Å². The van der Waals surface area contributed by atoms with E-state index in [9.17, 15) is 14.0 Å². The molecule has 0 radical (unpaired) electrons. The number of nitrogens with zero attached hydrogens (tertiary/aromatic N) is 1. The van der Waals surface area contributed by atoms with Crippen LogP contribution in [0.1, 0.15) is 38.3 Å². The molecule has 0 saturated carbocycles. The van der Waals surface area contributed by atoms with Gasteiger partial charge >= 0.3 is 0 Å². The highest BCUT2D eigenvalue weighted by Crippen LogP contribution is 2.18. The van der Waals surface area contributed by atoms with Gasteiger partial charge in [0.1, 0.15) is 17.6 Å². The second-order valence-electron chi connectivity index (χ2n) is 7.16. The van der Waals surface area contributed by atoms with Crippen LogP contribution in [0, 0.1) is 12.7 Å². The van der Waals surface area contributed by atoms with Gasteiger partial charge in [-0.15, -0.1) is 0 Å². The zero-order valence-corrected chi connectivity index (χ0v) is 17.4. The highest BCUT2D eigenvalue weighted by atomic mass is 19.1. The van der Waals surface area contributed by atoms with E-state index in [4.69, 9.17) is 4.74 Å². The van der Waals surface area contributed by atoms with Crippen LogP contribution >= 0.6 is 0 Å². The molecule has 2 amide bonds. The van der Waals surface area contributed by atoms with Crippen molar-refractivity contribution in [2.45, 2.75) is 52.7 Å². The molecule has 0 aliphatic heterocycles. The van der Waals surface area contributed by atoms with Gasteiger partial charge in [0, 0.05) is 18.2 Å². The molecule has 0 aromatic heterocycles. The molecule has 0 aliphatic rings. The van der Waals surface area contributed by atoms with Gasteiger partial charge in [-0.3, -0.25) is 9.59 Å². The minimum absolute atomic E-state index is 0.0152. The molecule has 0 spiro atoms. The van der Waals surface area contributed by atoms with E-state index >= 15 is 0 Å². The third kappa shape index (κ3) is 6.31. The van der Waals surface area contributed by atoms with Crippen LogP contribution in [0.2, 0.25) is 0 Å². The molecule has 0 bridgehead atoms. The van der Waals surface area contributed by atoms with E-state index < -0.39 is 11.9 Å². The molecular weight excluding hydrogens is 371 g/mol. The Hall–Kier alpha value is -2.89. The molecule has 6 heteroatoms. The summed E-state index contributed by atoms with van der Waals surface area (Å²) in [7, 11) is 0. The van der Waals surface area contributed by atoms with Crippen molar-refractivity contribution in [3.63, 3.8) is 0 Å². The fraction of sp³-hybridized carbons (Fsp3) is 0.391. The van der Waals surface area contributed by atoms with Gasteiger partial charge in [-0.05, 0) is 44.9 Å². The Morgan fingerprint density at radius 2 is 1.76 bits per heavy atom. The minimum Gasteiger partial charge on any atom is -0.484 e. The lowest BCUT2D eigenvalue weighted by Gasteiger charge is -2.29. The van der Waals surface area contributed by atoms with Crippen molar-refractivity contribution in [2.75, 3.05) is 6.61 Å². The van der Waals surface area contributed by atoms with E-state index in [1.807, 2.05) is 39.0 Å². The fourth-order valence-electron chi connectivity index (χ4n) is 2.80. The van der Waals surface area contributed by atoms with Crippen LogP contribution in [0.25, 0.3) is 0 Å².